The number of nitrogens with zero attached hydrogens (tertiary/aromatic N) is 3. The normalized spacial score (nSPS) is 11.5. The van der Waals surface area contributed by atoms with Gasteiger partial charge in [-0.3, -0.25) is 0 Å². The van der Waals surface area contributed by atoms with Gasteiger partial charge in [0, 0.05) is 12.3 Å². The van der Waals surface area contributed by atoms with Crippen LogP contribution >= 0.6 is 0 Å². The van der Waals surface area contributed by atoms with Crippen LogP contribution < -0.4 is 0 Å². The third-order valence-corrected chi connectivity index (χ3v) is 2.09. The van der Waals surface area contributed by atoms with Gasteiger partial charge in [0.1, 0.15) is 0 Å². The molecule has 18 heavy (non-hydrogen) atoms. The standard InChI is InChI=1S/C10H6F3N3O2/c11-10(12,13)7-5-6(9(17)18)16(15-7)8-3-1-2-4-14-8/h1-5H,(H,17,18). The van der Waals surface area contributed by atoms with Gasteiger partial charge >= 0.3 is 12.1 Å². The van der Waals surface area contributed by atoms with Gasteiger partial charge in [-0.1, -0.05) is 6.07 Å². The van der Waals surface area contributed by atoms with Gasteiger partial charge in [-0.05, 0) is 12.1 Å². The van der Waals surface area contributed by atoms with Crippen LogP contribution in [0.5, 0.6) is 0 Å². The second kappa shape index (κ2) is 4.13. The number of pyridine rings is 1. The fraction of sp³-hybridized carbons (Fsp3) is 0.100. The molecule has 8 heteroatoms. The molecular formula is C10H6F3N3O2. The molecule has 0 atom stereocenters. The Morgan fingerprint density at radius 3 is 2.56 bits per heavy atom. The van der Waals surface area contributed by atoms with Gasteiger partial charge in [0.15, 0.2) is 17.2 Å². The highest BCUT2D eigenvalue weighted by atomic mass is 19.4. The van der Waals surface area contributed by atoms with Gasteiger partial charge in [0.05, 0.1) is 0 Å². The van der Waals surface area contributed by atoms with Crippen molar-refractivity contribution in [2.75, 3.05) is 0 Å². The lowest BCUT2D eigenvalue weighted by atomic mass is 10.3. The number of carboxylic acid groups (broad SMARTS) is 1. The van der Waals surface area contributed by atoms with E-state index in [0.717, 1.165) is 0 Å². The molecule has 0 spiro atoms. The summed E-state index contributed by atoms with van der Waals surface area (Å²) < 4.78 is 38.1. The van der Waals surface area contributed by atoms with E-state index in [-0.39, 0.29) is 5.82 Å². The summed E-state index contributed by atoms with van der Waals surface area (Å²) in [5.41, 5.74) is -1.87. The van der Waals surface area contributed by atoms with Crippen molar-refractivity contribution in [3.05, 3.63) is 41.9 Å². The number of aromatic nitrogens is 3. The van der Waals surface area contributed by atoms with Gasteiger partial charge in [-0.25, -0.2) is 14.5 Å². The van der Waals surface area contributed by atoms with E-state index in [0.29, 0.717) is 10.7 Å². The molecule has 0 aliphatic rings. The molecule has 0 amide bonds. The molecule has 0 bridgehead atoms. The van der Waals surface area contributed by atoms with E-state index >= 15 is 0 Å². The third-order valence-electron chi connectivity index (χ3n) is 2.09. The zero-order chi connectivity index (χ0) is 13.3. The first-order valence-electron chi connectivity index (χ1n) is 4.71. The average molecular weight is 257 g/mol. The molecule has 0 aliphatic heterocycles. The third kappa shape index (κ3) is 2.17. The highest BCUT2D eigenvalue weighted by Gasteiger charge is 2.36. The van der Waals surface area contributed by atoms with Crippen LogP contribution in [0.15, 0.2) is 30.5 Å². The summed E-state index contributed by atoms with van der Waals surface area (Å²) in [4.78, 5) is 14.6. The van der Waals surface area contributed by atoms with E-state index in [1.165, 1.54) is 18.3 Å². The minimum absolute atomic E-state index is 0.00500. The monoisotopic (exact) mass is 257 g/mol. The molecule has 0 aliphatic carbocycles. The Kier molecular flexibility index (Phi) is 2.77. The van der Waals surface area contributed by atoms with Crippen LogP contribution in [0.25, 0.3) is 5.82 Å². The molecular weight excluding hydrogens is 251 g/mol. The van der Waals surface area contributed by atoms with Gasteiger partial charge in [0.25, 0.3) is 0 Å². The summed E-state index contributed by atoms with van der Waals surface area (Å²) in [6.45, 7) is 0. The predicted molar refractivity (Wildman–Crippen MR) is 53.3 cm³/mol. The first-order chi connectivity index (χ1) is 8.39. The van der Waals surface area contributed by atoms with E-state index < -0.39 is 23.5 Å². The maximum atomic E-state index is 12.5. The number of halogens is 3. The molecule has 0 aromatic carbocycles. The van der Waals surface area contributed by atoms with Crippen molar-refractivity contribution in [3.63, 3.8) is 0 Å². The van der Waals surface area contributed by atoms with Crippen molar-refractivity contribution in [1.82, 2.24) is 14.8 Å². The Morgan fingerprint density at radius 1 is 1.33 bits per heavy atom. The fourth-order valence-corrected chi connectivity index (χ4v) is 1.33. The Morgan fingerprint density at radius 2 is 2.06 bits per heavy atom. The summed E-state index contributed by atoms with van der Waals surface area (Å²) in [6.07, 6.45) is -3.37. The topological polar surface area (TPSA) is 68.0 Å². The number of hydrogen-bond acceptors (Lipinski definition) is 3. The largest absolute Gasteiger partial charge is 0.477 e. The summed E-state index contributed by atoms with van der Waals surface area (Å²) >= 11 is 0. The van der Waals surface area contributed by atoms with Crippen molar-refractivity contribution in [2.45, 2.75) is 6.18 Å². The lowest BCUT2D eigenvalue weighted by Gasteiger charge is -2.02. The lowest BCUT2D eigenvalue weighted by molar-refractivity contribution is -0.141. The first kappa shape index (κ1) is 12.1. The van der Waals surface area contributed by atoms with Crippen LogP contribution in [0, 0.1) is 0 Å². The van der Waals surface area contributed by atoms with Crippen LogP contribution in [0.2, 0.25) is 0 Å². The highest BCUT2D eigenvalue weighted by molar-refractivity contribution is 5.86. The molecule has 1 N–H and O–H groups in total. The van der Waals surface area contributed by atoms with E-state index in [9.17, 15) is 18.0 Å². The number of rotatable bonds is 2. The van der Waals surface area contributed by atoms with E-state index in [2.05, 4.69) is 10.1 Å². The summed E-state index contributed by atoms with van der Waals surface area (Å²) in [5.74, 6) is -1.51. The van der Waals surface area contributed by atoms with Crippen LogP contribution in [0.1, 0.15) is 16.2 Å². The average Bonchev–Trinajstić information content (AvgIpc) is 2.74. The quantitative estimate of drug-likeness (QED) is 0.893. The zero-order valence-corrected chi connectivity index (χ0v) is 8.72. The van der Waals surface area contributed by atoms with E-state index in [4.69, 9.17) is 5.11 Å². The molecule has 2 aromatic rings. The maximum Gasteiger partial charge on any atom is 0.435 e. The molecule has 5 nitrogen and oxygen atoms in total. The molecule has 0 unspecified atom stereocenters. The molecule has 0 saturated carbocycles. The van der Waals surface area contributed by atoms with Gasteiger partial charge in [0.2, 0.25) is 0 Å². The first-order valence-corrected chi connectivity index (χ1v) is 4.71. The highest BCUT2D eigenvalue weighted by Crippen LogP contribution is 2.29. The van der Waals surface area contributed by atoms with Crippen LogP contribution in [0.3, 0.4) is 0 Å². The predicted octanol–water partition coefficient (Wildman–Crippen LogP) is 1.98. The van der Waals surface area contributed by atoms with E-state index in [1.807, 2.05) is 0 Å². The number of carbonyl (C=O) groups is 1. The van der Waals surface area contributed by atoms with Crippen molar-refractivity contribution in [3.8, 4) is 5.82 Å². The van der Waals surface area contributed by atoms with Crippen LogP contribution in [-0.4, -0.2) is 25.8 Å². The number of alkyl halides is 3. The maximum absolute atomic E-state index is 12.5. The number of hydrogen-bond donors (Lipinski definition) is 1. The SMILES string of the molecule is O=C(O)c1cc(C(F)(F)F)nn1-c1ccccn1. The van der Waals surface area contributed by atoms with Gasteiger partial charge in [-0.2, -0.15) is 18.3 Å². The van der Waals surface area contributed by atoms with Crippen LogP contribution in [-0.2, 0) is 6.18 Å². The Bertz CT molecular complexity index is 578. The van der Waals surface area contributed by atoms with Gasteiger partial charge in [-0.15, -0.1) is 0 Å². The molecule has 2 rings (SSSR count). The number of carboxylic acids is 1. The molecule has 2 aromatic heterocycles. The van der Waals surface area contributed by atoms with E-state index in [1.54, 1.807) is 6.07 Å². The molecule has 0 fully saturated rings. The Hall–Kier alpha value is -2.38. The smallest absolute Gasteiger partial charge is 0.435 e. The summed E-state index contributed by atoms with van der Waals surface area (Å²) in [5, 5.41) is 12.1. The van der Waals surface area contributed by atoms with Crippen molar-refractivity contribution in [2.24, 2.45) is 0 Å². The molecule has 0 saturated heterocycles. The lowest BCUT2D eigenvalue weighted by Crippen LogP contribution is -2.10. The fourth-order valence-electron chi connectivity index (χ4n) is 1.33. The van der Waals surface area contributed by atoms with Crippen molar-refractivity contribution in [1.29, 1.82) is 0 Å². The summed E-state index contributed by atoms with van der Waals surface area (Å²) in [7, 11) is 0. The number of aromatic carboxylic acids is 1. The van der Waals surface area contributed by atoms with Crippen LogP contribution in [0.4, 0.5) is 13.2 Å². The molecule has 94 valence electrons. The molecule has 2 heterocycles. The van der Waals surface area contributed by atoms with Crippen molar-refractivity contribution >= 4 is 5.97 Å². The van der Waals surface area contributed by atoms with Crippen molar-refractivity contribution < 1.29 is 23.1 Å². The Labute approximate surface area is 98.5 Å². The van der Waals surface area contributed by atoms with Gasteiger partial charge < -0.3 is 5.11 Å². The zero-order valence-electron chi connectivity index (χ0n) is 8.72. The second-order valence-electron chi connectivity index (χ2n) is 3.32. The Balaban J connectivity index is 2.60. The minimum Gasteiger partial charge on any atom is -0.477 e. The second-order valence-corrected chi connectivity index (χ2v) is 3.32. The summed E-state index contributed by atoms with van der Waals surface area (Å²) in [6, 6.07) is 4.90. The molecule has 0 radical (unpaired) electrons. The minimum atomic E-state index is -4.70.